The third-order valence-corrected chi connectivity index (χ3v) is 7.28. The Hall–Kier alpha value is -5.13. The number of carbonyl (C=O) groups is 1. The Bertz CT molecular complexity index is 1740. The Labute approximate surface area is 248 Å². The largest absolute Gasteiger partial charge is 0.493 e. The number of rotatable bonds is 11. The maximum atomic E-state index is 12.4. The summed E-state index contributed by atoms with van der Waals surface area (Å²) < 4.78 is 26.2. The van der Waals surface area contributed by atoms with Crippen molar-refractivity contribution in [3.05, 3.63) is 72.3 Å². The highest BCUT2D eigenvalue weighted by Crippen LogP contribution is 2.45. The Morgan fingerprint density at radius 3 is 2.56 bits per heavy atom. The van der Waals surface area contributed by atoms with Gasteiger partial charge >= 0.3 is 6.09 Å². The second kappa shape index (κ2) is 12.0. The van der Waals surface area contributed by atoms with Crippen LogP contribution in [0.15, 0.2) is 61.2 Å². The lowest BCUT2D eigenvalue weighted by molar-refractivity contribution is 0.167. The van der Waals surface area contributed by atoms with E-state index in [0.29, 0.717) is 47.0 Å². The number of amides is 1. The van der Waals surface area contributed by atoms with Crippen molar-refractivity contribution in [3.63, 3.8) is 0 Å². The molecule has 12 nitrogen and oxygen atoms in total. The molecule has 1 aliphatic rings. The molecule has 1 aromatic carbocycles. The Kier molecular flexibility index (Phi) is 7.82. The van der Waals surface area contributed by atoms with Gasteiger partial charge in [-0.15, -0.1) is 0 Å². The number of methoxy groups -OCH3 is 2. The number of aryl methyl sites for hydroxylation is 1. The number of nitrogens with one attached hydrogen (secondary N) is 1. The van der Waals surface area contributed by atoms with E-state index in [1.165, 1.54) is 0 Å². The van der Waals surface area contributed by atoms with E-state index in [4.69, 9.17) is 23.9 Å². The molecule has 6 rings (SSSR count). The minimum absolute atomic E-state index is 0.144. The molecule has 1 aliphatic carbocycles. The molecule has 4 heterocycles. The molecule has 0 spiro atoms. The number of benzene rings is 1. The third kappa shape index (κ3) is 6.08. The maximum Gasteiger partial charge on any atom is 0.413 e. The fourth-order valence-electron chi connectivity index (χ4n) is 4.99. The summed E-state index contributed by atoms with van der Waals surface area (Å²) >= 11 is 0. The highest BCUT2D eigenvalue weighted by atomic mass is 16.5. The van der Waals surface area contributed by atoms with Gasteiger partial charge in [-0.3, -0.25) is 14.6 Å². The topological polar surface area (TPSA) is 127 Å². The van der Waals surface area contributed by atoms with Crippen molar-refractivity contribution in [2.45, 2.75) is 32.4 Å². The molecule has 12 heteroatoms. The van der Waals surface area contributed by atoms with Crippen molar-refractivity contribution in [1.29, 1.82) is 0 Å². The van der Waals surface area contributed by atoms with E-state index in [9.17, 15) is 4.79 Å². The van der Waals surface area contributed by atoms with Gasteiger partial charge in [0, 0.05) is 54.3 Å². The van der Waals surface area contributed by atoms with Gasteiger partial charge in [0.05, 0.1) is 33.6 Å². The second-order valence-electron chi connectivity index (χ2n) is 10.3. The molecule has 4 aromatic heterocycles. The highest BCUT2D eigenvalue weighted by Gasteiger charge is 2.35. The van der Waals surface area contributed by atoms with Crippen molar-refractivity contribution in [1.82, 2.24) is 29.3 Å². The number of carbonyl (C=O) groups excluding carboxylic acids is 1. The Morgan fingerprint density at radius 1 is 1.02 bits per heavy atom. The fourth-order valence-corrected chi connectivity index (χ4v) is 4.99. The quantitative estimate of drug-likeness (QED) is 0.218. The molecular weight excluding hydrogens is 550 g/mol. The van der Waals surface area contributed by atoms with Crippen molar-refractivity contribution < 1.29 is 23.7 Å². The van der Waals surface area contributed by atoms with Crippen LogP contribution in [0.2, 0.25) is 0 Å². The van der Waals surface area contributed by atoms with Crippen molar-refractivity contribution in [2.24, 2.45) is 13.0 Å². The van der Waals surface area contributed by atoms with Gasteiger partial charge in [0.25, 0.3) is 0 Å². The van der Waals surface area contributed by atoms with Gasteiger partial charge in [-0.1, -0.05) is 6.07 Å². The monoisotopic (exact) mass is 583 g/mol. The first-order valence-corrected chi connectivity index (χ1v) is 14.1. The first kappa shape index (κ1) is 28.0. The van der Waals surface area contributed by atoms with Gasteiger partial charge in [0.1, 0.15) is 11.6 Å². The van der Waals surface area contributed by atoms with Crippen LogP contribution in [-0.2, 0) is 18.3 Å². The van der Waals surface area contributed by atoms with E-state index in [1.54, 1.807) is 44.4 Å². The lowest BCUT2D eigenvalue weighted by Crippen LogP contribution is -2.17. The van der Waals surface area contributed by atoms with Crippen LogP contribution in [-0.4, -0.2) is 56.2 Å². The van der Waals surface area contributed by atoms with Crippen LogP contribution in [0.3, 0.4) is 0 Å². The molecule has 1 fully saturated rings. The molecule has 222 valence electrons. The molecule has 0 aliphatic heterocycles. The molecule has 5 aromatic rings. The number of ether oxygens (including phenoxy) is 4. The van der Waals surface area contributed by atoms with Gasteiger partial charge in [0.15, 0.2) is 17.1 Å². The van der Waals surface area contributed by atoms with Crippen LogP contribution in [0.5, 0.6) is 17.4 Å². The molecule has 1 amide bonds. The molecule has 1 saturated carbocycles. The number of imidazole rings is 1. The van der Waals surface area contributed by atoms with Crippen LogP contribution in [0.4, 0.5) is 10.7 Å². The van der Waals surface area contributed by atoms with E-state index in [1.807, 2.05) is 54.2 Å². The number of anilines is 1. The standard InChI is InChI=1S/C31H33N7O5/c1-5-42-31(39)36-30-35-24-13-22(23-16-34-37(2)18-23)15-33-29(24)38(30)17-19-6-10-25(26(12-19)40-3)43-28(20-7-8-20)21-9-11-27(41-4)32-14-21/h6,9-16,18,20,28H,5,7-8,17H2,1-4H3,(H,35,36,39). The first-order chi connectivity index (χ1) is 20.9. The van der Waals surface area contributed by atoms with E-state index in [2.05, 4.69) is 20.4 Å². The summed E-state index contributed by atoms with van der Waals surface area (Å²) in [4.78, 5) is 26.1. The number of fused-ring (bicyclic) bond motifs is 1. The van der Waals surface area contributed by atoms with Gasteiger partial charge in [-0.2, -0.15) is 5.10 Å². The van der Waals surface area contributed by atoms with Crippen LogP contribution in [0.25, 0.3) is 22.3 Å². The zero-order chi connectivity index (χ0) is 29.9. The van der Waals surface area contributed by atoms with Crippen LogP contribution in [0.1, 0.15) is 37.0 Å². The molecule has 1 unspecified atom stereocenters. The average molecular weight is 584 g/mol. The van der Waals surface area contributed by atoms with Gasteiger partial charge in [0.2, 0.25) is 11.8 Å². The summed E-state index contributed by atoms with van der Waals surface area (Å²) in [6.07, 6.45) is 8.71. The van der Waals surface area contributed by atoms with Crippen LogP contribution < -0.4 is 19.5 Å². The van der Waals surface area contributed by atoms with Gasteiger partial charge < -0.3 is 18.9 Å². The average Bonchev–Trinajstić information content (AvgIpc) is 3.68. The predicted molar refractivity (Wildman–Crippen MR) is 159 cm³/mol. The summed E-state index contributed by atoms with van der Waals surface area (Å²) in [5.74, 6) is 2.53. The molecule has 0 bridgehead atoms. The maximum absolute atomic E-state index is 12.4. The normalized spacial score (nSPS) is 13.5. The Morgan fingerprint density at radius 2 is 1.88 bits per heavy atom. The van der Waals surface area contributed by atoms with E-state index >= 15 is 0 Å². The van der Waals surface area contributed by atoms with E-state index in [0.717, 1.165) is 35.1 Å². The number of aromatic nitrogens is 6. The smallest absolute Gasteiger partial charge is 0.413 e. The summed E-state index contributed by atoms with van der Waals surface area (Å²) in [6, 6.07) is 11.6. The zero-order valence-corrected chi connectivity index (χ0v) is 24.5. The van der Waals surface area contributed by atoms with Crippen molar-refractivity contribution in [2.75, 3.05) is 26.1 Å². The van der Waals surface area contributed by atoms with Crippen molar-refractivity contribution >= 4 is 23.2 Å². The van der Waals surface area contributed by atoms with Crippen molar-refractivity contribution in [3.8, 4) is 28.5 Å². The lowest BCUT2D eigenvalue weighted by Gasteiger charge is -2.21. The van der Waals surface area contributed by atoms with Gasteiger partial charge in [-0.05, 0) is 49.6 Å². The lowest BCUT2D eigenvalue weighted by atomic mass is 10.1. The van der Waals surface area contributed by atoms with Gasteiger partial charge in [-0.25, -0.2) is 19.7 Å². The number of hydrogen-bond acceptors (Lipinski definition) is 9. The summed E-state index contributed by atoms with van der Waals surface area (Å²) in [7, 11) is 5.08. The first-order valence-electron chi connectivity index (χ1n) is 14.1. The van der Waals surface area contributed by atoms with Crippen LogP contribution in [0, 0.1) is 5.92 Å². The van der Waals surface area contributed by atoms with E-state index in [-0.39, 0.29) is 12.7 Å². The number of pyridine rings is 2. The summed E-state index contributed by atoms with van der Waals surface area (Å²) in [5.41, 5.74) is 4.92. The number of nitrogens with zero attached hydrogens (tertiary/aromatic N) is 6. The zero-order valence-electron chi connectivity index (χ0n) is 24.5. The molecular formula is C31H33N7O5. The minimum Gasteiger partial charge on any atom is -0.493 e. The SMILES string of the molecule is CCOC(=O)Nc1nc2cc(-c3cnn(C)c3)cnc2n1Cc1ccc(OC(c2ccc(OC)nc2)C2CC2)c(OC)c1. The predicted octanol–water partition coefficient (Wildman–Crippen LogP) is 5.39. The Balaban J connectivity index is 1.30. The molecule has 0 radical (unpaired) electrons. The summed E-state index contributed by atoms with van der Waals surface area (Å²) in [5, 5.41) is 7.01. The van der Waals surface area contributed by atoms with E-state index < -0.39 is 6.09 Å². The summed E-state index contributed by atoms with van der Waals surface area (Å²) in [6.45, 7) is 2.35. The molecule has 0 saturated heterocycles. The third-order valence-electron chi connectivity index (χ3n) is 7.28. The fraction of sp³-hybridized carbons (Fsp3) is 0.323. The van der Waals surface area contributed by atoms with Crippen LogP contribution >= 0.6 is 0 Å². The molecule has 1 N–H and O–H groups in total. The molecule has 1 atom stereocenters. The second-order valence-corrected chi connectivity index (χ2v) is 10.3. The number of hydrogen-bond donors (Lipinski definition) is 1. The minimum atomic E-state index is -0.591. The molecule has 43 heavy (non-hydrogen) atoms. The highest BCUT2D eigenvalue weighted by molar-refractivity contribution is 5.87.